The summed E-state index contributed by atoms with van der Waals surface area (Å²) in [6.45, 7) is 10.9. The molecule has 1 aliphatic heterocycles. The van der Waals surface area contributed by atoms with Crippen molar-refractivity contribution in [3.8, 4) is 0 Å². The molecule has 0 aliphatic carbocycles. The molecule has 1 heterocycles. The number of rotatable bonds is 20. The van der Waals surface area contributed by atoms with Gasteiger partial charge in [-0.15, -0.1) is 0 Å². The van der Waals surface area contributed by atoms with Crippen LogP contribution < -0.4 is 5.32 Å². The lowest BCUT2D eigenvalue weighted by Crippen LogP contribution is -2.54. The number of amidine groups is 1. The standard InChI is InChI=1S/C27H51N3O/c1-4-6-7-8-9-10-11-12-13-14-15-16-17-18-19-20-21-27-29-23-25-30(27,5-2)24-22-28-26(3)31/h18-19H,4-17,20-25H2,1-3H3/p+1/b19-18+. The topological polar surface area (TPSA) is 41.5 Å². The highest BCUT2D eigenvalue weighted by Gasteiger charge is 2.35. The second-order valence-corrected chi connectivity index (χ2v) is 9.38. The van der Waals surface area contributed by atoms with Gasteiger partial charge in [-0.1, -0.05) is 89.7 Å². The van der Waals surface area contributed by atoms with Gasteiger partial charge >= 0.3 is 0 Å². The molecule has 0 spiro atoms. The fourth-order valence-corrected chi connectivity index (χ4v) is 4.70. The minimum absolute atomic E-state index is 0.0627. The molecule has 4 nitrogen and oxygen atoms in total. The number of quaternary nitrogens is 1. The lowest BCUT2D eigenvalue weighted by Gasteiger charge is -2.33. The first-order chi connectivity index (χ1) is 15.1. The third-order valence-electron chi connectivity index (χ3n) is 6.81. The molecular weight excluding hydrogens is 382 g/mol. The molecule has 0 fully saturated rings. The number of likely N-dealkylation sites (N-methyl/N-ethyl adjacent to an activating group) is 1. The predicted molar refractivity (Wildman–Crippen MR) is 136 cm³/mol. The molecule has 0 aromatic heterocycles. The van der Waals surface area contributed by atoms with Gasteiger partial charge < -0.3 is 5.32 Å². The molecule has 0 saturated carbocycles. The van der Waals surface area contributed by atoms with Crippen molar-refractivity contribution < 1.29 is 9.28 Å². The van der Waals surface area contributed by atoms with Crippen LogP contribution in [0.15, 0.2) is 17.1 Å². The highest BCUT2D eigenvalue weighted by atomic mass is 16.1. The van der Waals surface area contributed by atoms with Gasteiger partial charge in [0.15, 0.2) is 5.84 Å². The summed E-state index contributed by atoms with van der Waals surface area (Å²) in [5, 5.41) is 2.95. The van der Waals surface area contributed by atoms with Crippen LogP contribution in [0.4, 0.5) is 0 Å². The van der Waals surface area contributed by atoms with E-state index in [4.69, 9.17) is 4.99 Å². The van der Waals surface area contributed by atoms with E-state index in [1.54, 1.807) is 6.92 Å². The first kappa shape index (κ1) is 27.9. The number of hydrogen-bond donors (Lipinski definition) is 1. The molecule has 0 saturated heterocycles. The third kappa shape index (κ3) is 13.1. The zero-order valence-corrected chi connectivity index (χ0v) is 21.1. The molecule has 0 bridgehead atoms. The Morgan fingerprint density at radius 3 is 2.06 bits per heavy atom. The minimum atomic E-state index is 0.0627. The fraction of sp³-hybridized carbons (Fsp3) is 0.852. The summed E-state index contributed by atoms with van der Waals surface area (Å²) in [7, 11) is 0. The molecule has 0 aromatic carbocycles. The van der Waals surface area contributed by atoms with Gasteiger partial charge in [-0.05, 0) is 26.2 Å². The zero-order chi connectivity index (χ0) is 22.6. The summed E-state index contributed by atoms with van der Waals surface area (Å²) in [4.78, 5) is 16.0. The number of hydrogen-bond acceptors (Lipinski definition) is 2. The first-order valence-electron chi connectivity index (χ1n) is 13.4. The number of aliphatic imine (C=N–C) groups is 1. The number of carbonyl (C=O) groups is 1. The number of allylic oxidation sites excluding steroid dienone is 2. The van der Waals surface area contributed by atoms with Crippen molar-refractivity contribution in [1.29, 1.82) is 0 Å². The van der Waals surface area contributed by atoms with Gasteiger partial charge in [0.1, 0.15) is 13.1 Å². The molecule has 0 aromatic rings. The van der Waals surface area contributed by atoms with E-state index < -0.39 is 0 Å². The number of unbranched alkanes of at least 4 members (excludes halogenated alkanes) is 12. The molecule has 1 aliphatic rings. The van der Waals surface area contributed by atoms with E-state index in [1.165, 1.54) is 89.3 Å². The maximum absolute atomic E-state index is 11.2. The summed E-state index contributed by atoms with van der Waals surface area (Å²) in [6, 6.07) is 0. The van der Waals surface area contributed by atoms with E-state index in [-0.39, 0.29) is 5.91 Å². The van der Waals surface area contributed by atoms with Crippen LogP contribution in [0.3, 0.4) is 0 Å². The van der Waals surface area contributed by atoms with Crippen molar-refractivity contribution in [1.82, 2.24) is 5.32 Å². The summed E-state index contributed by atoms with van der Waals surface area (Å²) in [5.41, 5.74) is 0. The Morgan fingerprint density at radius 2 is 1.48 bits per heavy atom. The Bertz CT molecular complexity index is 515. The van der Waals surface area contributed by atoms with Gasteiger partial charge in [-0.3, -0.25) is 9.28 Å². The van der Waals surface area contributed by atoms with Crippen LogP contribution in [0.2, 0.25) is 0 Å². The van der Waals surface area contributed by atoms with Crippen molar-refractivity contribution in [3.63, 3.8) is 0 Å². The van der Waals surface area contributed by atoms with Gasteiger partial charge in [-0.25, -0.2) is 4.99 Å². The van der Waals surface area contributed by atoms with Crippen molar-refractivity contribution in [2.75, 3.05) is 32.7 Å². The van der Waals surface area contributed by atoms with Crippen LogP contribution >= 0.6 is 0 Å². The van der Waals surface area contributed by atoms with Gasteiger partial charge in [0, 0.05) is 13.3 Å². The van der Waals surface area contributed by atoms with Crippen molar-refractivity contribution in [2.24, 2.45) is 4.99 Å². The summed E-state index contributed by atoms with van der Waals surface area (Å²) < 4.78 is 0.965. The molecule has 4 heteroatoms. The van der Waals surface area contributed by atoms with Crippen LogP contribution in [0.1, 0.15) is 117 Å². The predicted octanol–water partition coefficient (Wildman–Crippen LogP) is 6.80. The quantitative estimate of drug-likeness (QED) is 0.128. The normalized spacial score (nSPS) is 18.6. The van der Waals surface area contributed by atoms with Gasteiger partial charge in [0.25, 0.3) is 0 Å². The third-order valence-corrected chi connectivity index (χ3v) is 6.81. The highest BCUT2D eigenvalue weighted by molar-refractivity contribution is 5.77. The van der Waals surface area contributed by atoms with E-state index in [9.17, 15) is 4.79 Å². The largest absolute Gasteiger partial charge is 0.351 e. The number of nitrogens with zero attached hydrogens (tertiary/aromatic N) is 2. The summed E-state index contributed by atoms with van der Waals surface area (Å²) in [6.07, 6.45) is 25.1. The second-order valence-electron chi connectivity index (χ2n) is 9.38. The Hall–Kier alpha value is -1.16. The van der Waals surface area contributed by atoms with Crippen molar-refractivity contribution >= 4 is 11.7 Å². The average molecular weight is 435 g/mol. The first-order valence-corrected chi connectivity index (χ1v) is 13.4. The van der Waals surface area contributed by atoms with E-state index in [2.05, 4.69) is 31.3 Å². The van der Waals surface area contributed by atoms with Gasteiger partial charge in [-0.2, -0.15) is 0 Å². The zero-order valence-electron chi connectivity index (χ0n) is 21.1. The summed E-state index contributed by atoms with van der Waals surface area (Å²) in [5.74, 6) is 1.40. The maximum Gasteiger partial charge on any atom is 0.217 e. The molecule has 0 radical (unpaired) electrons. The highest BCUT2D eigenvalue weighted by Crippen LogP contribution is 2.19. The van der Waals surface area contributed by atoms with Crippen LogP contribution in [0, 0.1) is 0 Å². The monoisotopic (exact) mass is 434 g/mol. The molecular formula is C27H52N3O+. The number of amides is 1. The Labute approximate surface area is 193 Å². The molecule has 1 rings (SSSR count). The number of carbonyl (C=O) groups excluding carboxylic acids is 1. The maximum atomic E-state index is 11.2. The smallest absolute Gasteiger partial charge is 0.217 e. The van der Waals surface area contributed by atoms with E-state index in [0.717, 1.165) is 50.0 Å². The molecule has 1 unspecified atom stereocenters. The fourth-order valence-electron chi connectivity index (χ4n) is 4.70. The molecule has 1 N–H and O–H groups in total. The van der Waals surface area contributed by atoms with Crippen LogP contribution in [-0.2, 0) is 4.79 Å². The lowest BCUT2D eigenvalue weighted by atomic mass is 10.0. The van der Waals surface area contributed by atoms with Gasteiger partial charge in [0.2, 0.25) is 5.91 Å². The molecule has 180 valence electrons. The Balaban J connectivity index is 2.01. The molecule has 31 heavy (non-hydrogen) atoms. The van der Waals surface area contributed by atoms with Crippen LogP contribution in [-0.4, -0.2) is 48.9 Å². The van der Waals surface area contributed by atoms with Gasteiger partial charge in [0.05, 0.1) is 19.6 Å². The summed E-state index contributed by atoms with van der Waals surface area (Å²) >= 11 is 0. The number of nitrogens with one attached hydrogen (secondary N) is 1. The average Bonchev–Trinajstić information content (AvgIpc) is 3.16. The lowest BCUT2D eigenvalue weighted by molar-refractivity contribution is -0.833. The second kappa shape index (κ2) is 18.4. The van der Waals surface area contributed by atoms with Crippen LogP contribution in [0.5, 0.6) is 0 Å². The molecule has 1 amide bonds. The Kier molecular flexibility index (Phi) is 16.6. The van der Waals surface area contributed by atoms with E-state index in [1.807, 2.05) is 0 Å². The minimum Gasteiger partial charge on any atom is -0.351 e. The van der Waals surface area contributed by atoms with E-state index in [0.29, 0.717) is 0 Å². The van der Waals surface area contributed by atoms with E-state index >= 15 is 0 Å². The van der Waals surface area contributed by atoms with Crippen molar-refractivity contribution in [3.05, 3.63) is 12.2 Å². The molecule has 1 atom stereocenters. The van der Waals surface area contributed by atoms with Crippen LogP contribution in [0.25, 0.3) is 0 Å². The Morgan fingerprint density at radius 1 is 0.903 bits per heavy atom. The SMILES string of the molecule is CCCCCCCCCCCCCC/C=C/CCC1=NCC[N+]1(CC)CCNC(C)=O. The van der Waals surface area contributed by atoms with Crippen molar-refractivity contribution in [2.45, 2.75) is 117 Å².